The van der Waals surface area contributed by atoms with Crippen LogP contribution in [-0.4, -0.2) is 97.2 Å². The van der Waals surface area contributed by atoms with Crippen LogP contribution in [0.5, 0.6) is 0 Å². The summed E-state index contributed by atoms with van der Waals surface area (Å²) in [6, 6.07) is 5.71. The largest absolute Gasteiger partial charge is 0.444 e. The van der Waals surface area contributed by atoms with E-state index in [9.17, 15) is 37.2 Å². The van der Waals surface area contributed by atoms with Gasteiger partial charge in [-0.05, 0) is 62.5 Å². The number of allylic oxidation sites excluding steroid dienone is 1. The molecule has 4 amide bonds. The minimum atomic E-state index is -3.91. The Morgan fingerprint density at radius 3 is 2.44 bits per heavy atom. The van der Waals surface area contributed by atoms with Crippen molar-refractivity contribution in [2.75, 3.05) is 36.4 Å². The van der Waals surface area contributed by atoms with E-state index in [1.54, 1.807) is 4.90 Å². The first kappa shape index (κ1) is 36.3. The molecule has 4 fully saturated rings. The highest BCUT2D eigenvalue weighted by molar-refractivity contribution is 7.91. The molecule has 0 unspecified atom stereocenters. The molecule has 2 aliphatic carbocycles. The van der Waals surface area contributed by atoms with Gasteiger partial charge in [0.25, 0.3) is 16.8 Å². The van der Waals surface area contributed by atoms with E-state index in [-0.39, 0.29) is 30.8 Å². The molecule has 4 heterocycles. The van der Waals surface area contributed by atoms with Crippen LogP contribution in [0.3, 0.4) is 0 Å². The van der Waals surface area contributed by atoms with Gasteiger partial charge in [0.1, 0.15) is 35.1 Å². The molecule has 8 rings (SSSR count). The summed E-state index contributed by atoms with van der Waals surface area (Å²) in [5.41, 5.74) is -0.270. The molecular weight excluding hydrogens is 717 g/mol. The molecule has 0 radical (unpaired) electrons. The summed E-state index contributed by atoms with van der Waals surface area (Å²) < 4.78 is 33.8. The van der Waals surface area contributed by atoms with Crippen LogP contribution in [0.1, 0.15) is 75.3 Å². The van der Waals surface area contributed by atoms with Crippen LogP contribution in [0.4, 0.5) is 16.2 Å². The number of anilines is 2. The van der Waals surface area contributed by atoms with Gasteiger partial charge >= 0.3 is 6.09 Å². The Kier molecular flexibility index (Phi) is 9.51. The molecule has 5 atom stereocenters. The van der Waals surface area contributed by atoms with E-state index in [0.29, 0.717) is 64.7 Å². The highest BCUT2D eigenvalue weighted by Crippen LogP contribution is 2.46. The van der Waals surface area contributed by atoms with E-state index < -0.39 is 79.6 Å². The molecule has 2 saturated carbocycles. The van der Waals surface area contributed by atoms with Crippen molar-refractivity contribution >= 4 is 45.2 Å². The first-order chi connectivity index (χ1) is 25.9. The van der Waals surface area contributed by atoms with Crippen molar-refractivity contribution < 1.29 is 32.3 Å². The van der Waals surface area contributed by atoms with E-state index in [0.717, 1.165) is 30.4 Å². The minimum absolute atomic E-state index is 0.0574. The third kappa shape index (κ3) is 6.88. The molecule has 3 N–H and O–H groups in total. The Morgan fingerprint density at radius 1 is 0.926 bits per heavy atom. The molecule has 2 aromatic rings. The van der Waals surface area contributed by atoms with Crippen LogP contribution in [0, 0.1) is 5.92 Å². The lowest BCUT2D eigenvalue weighted by Gasteiger charge is -2.36. The summed E-state index contributed by atoms with van der Waals surface area (Å²) in [7, 11) is -3.91. The predicted molar refractivity (Wildman–Crippen MR) is 198 cm³/mol. The zero-order valence-corrected chi connectivity index (χ0v) is 30.9. The standard InChI is InChI=1S/C38H46N6O9S/c45-32-30(31(33(32)46)42-16-8-17-42)39-28-12-5-3-1-2-4-11-25-20-38(25,36(49)41-54(51,52)27-13-14-27)40-34(47)29-19-26(22-44(29)35(28)48)53-37(50)43-18-15-23-9-6-7-10-24(23)21-43/h4,6-7,9-11,25-29,39H,1-3,5,8,12-22H2,(H,40,47)(H,41,49)/t25-,26-,28+,29+,38-/m1/s1. The number of rotatable bonds is 7. The van der Waals surface area contributed by atoms with Crippen molar-refractivity contribution in [3.8, 4) is 0 Å². The van der Waals surface area contributed by atoms with Crippen LogP contribution < -0.4 is 31.1 Å². The lowest BCUT2D eigenvalue weighted by atomic mass is 10.0. The second-order valence-corrected chi connectivity index (χ2v) is 17.6. The number of fused-ring (bicyclic) bond motifs is 3. The number of hydrogen-bond donors (Lipinski definition) is 3. The maximum absolute atomic E-state index is 14.6. The molecule has 0 aromatic heterocycles. The monoisotopic (exact) mass is 762 g/mol. The van der Waals surface area contributed by atoms with Crippen molar-refractivity contribution in [2.24, 2.45) is 5.92 Å². The average molecular weight is 763 g/mol. The zero-order chi connectivity index (χ0) is 37.8. The number of hydrogen-bond acceptors (Lipinski definition) is 11. The van der Waals surface area contributed by atoms with Gasteiger partial charge in [0, 0.05) is 38.5 Å². The van der Waals surface area contributed by atoms with Crippen molar-refractivity contribution in [3.63, 3.8) is 0 Å². The van der Waals surface area contributed by atoms with E-state index in [1.807, 2.05) is 41.3 Å². The van der Waals surface area contributed by atoms with Gasteiger partial charge in [0.15, 0.2) is 0 Å². The Bertz CT molecular complexity index is 2070. The van der Waals surface area contributed by atoms with Crippen molar-refractivity contribution in [1.29, 1.82) is 0 Å². The number of benzene rings is 1. The highest BCUT2D eigenvalue weighted by atomic mass is 32.2. The fourth-order valence-electron chi connectivity index (χ4n) is 8.25. The van der Waals surface area contributed by atoms with Crippen LogP contribution in [-0.2, 0) is 42.1 Å². The van der Waals surface area contributed by atoms with E-state index in [2.05, 4.69) is 15.4 Å². The summed E-state index contributed by atoms with van der Waals surface area (Å²) in [6.45, 7) is 1.95. The molecule has 16 heteroatoms. The first-order valence-electron chi connectivity index (χ1n) is 19.2. The third-order valence-corrected chi connectivity index (χ3v) is 13.7. The number of sulfonamides is 1. The molecule has 288 valence electrons. The topological polar surface area (TPSA) is 192 Å². The first-order valence-corrected chi connectivity index (χ1v) is 20.7. The SMILES string of the molecule is O=C1N[C@]2(C(=O)NS(=O)(=O)C3CC3)C[C@H]2C=CCCCCC[C@H](Nc2c(N3CCC3)c(=O)c2=O)C(=O)N2C[C@H](OC(=O)N3CCc4ccccc4C3)C[C@@H]12. The third-order valence-electron chi connectivity index (χ3n) is 11.9. The van der Waals surface area contributed by atoms with Gasteiger partial charge < -0.3 is 30.1 Å². The fraction of sp³-hybridized carbons (Fsp3) is 0.579. The van der Waals surface area contributed by atoms with E-state index in [4.69, 9.17) is 4.74 Å². The van der Waals surface area contributed by atoms with Crippen LogP contribution >= 0.6 is 0 Å². The molecule has 2 aromatic carbocycles. The maximum atomic E-state index is 14.6. The molecule has 2 saturated heterocycles. The van der Waals surface area contributed by atoms with Gasteiger partial charge in [-0.3, -0.25) is 28.7 Å². The van der Waals surface area contributed by atoms with Crippen molar-refractivity contribution in [3.05, 3.63) is 68.0 Å². The zero-order valence-electron chi connectivity index (χ0n) is 30.1. The highest BCUT2D eigenvalue weighted by Gasteiger charge is 2.62. The van der Waals surface area contributed by atoms with Gasteiger partial charge in [0.05, 0.1) is 11.8 Å². The number of amides is 4. The number of nitrogens with zero attached hydrogens (tertiary/aromatic N) is 3. The Balaban J connectivity index is 1.07. The summed E-state index contributed by atoms with van der Waals surface area (Å²) in [5.74, 6) is -2.44. The van der Waals surface area contributed by atoms with Crippen LogP contribution in [0.25, 0.3) is 0 Å². The quantitative estimate of drug-likeness (QED) is 0.273. The molecular formula is C38H46N6O9S. The number of carbonyl (C=O) groups excluding carboxylic acids is 4. The van der Waals surface area contributed by atoms with E-state index >= 15 is 0 Å². The Labute approximate surface area is 313 Å². The lowest BCUT2D eigenvalue weighted by Crippen LogP contribution is -2.58. The van der Waals surface area contributed by atoms with Crippen LogP contribution in [0.15, 0.2) is 46.0 Å². The summed E-state index contributed by atoms with van der Waals surface area (Å²) in [6.07, 6.45) is 8.05. The van der Waals surface area contributed by atoms with Gasteiger partial charge in [-0.15, -0.1) is 0 Å². The van der Waals surface area contributed by atoms with E-state index in [1.165, 1.54) is 4.90 Å². The van der Waals surface area contributed by atoms with Gasteiger partial charge in [-0.1, -0.05) is 49.3 Å². The summed E-state index contributed by atoms with van der Waals surface area (Å²) in [4.78, 5) is 86.3. The molecule has 15 nitrogen and oxygen atoms in total. The Morgan fingerprint density at radius 2 is 1.70 bits per heavy atom. The molecule has 4 aliphatic heterocycles. The van der Waals surface area contributed by atoms with Crippen molar-refractivity contribution in [2.45, 2.75) is 106 Å². The second kappa shape index (κ2) is 14.2. The van der Waals surface area contributed by atoms with Gasteiger partial charge in [-0.2, -0.15) is 0 Å². The molecule has 0 spiro atoms. The summed E-state index contributed by atoms with van der Waals surface area (Å²) in [5, 5.41) is 5.29. The number of carbonyl (C=O) groups is 4. The summed E-state index contributed by atoms with van der Waals surface area (Å²) >= 11 is 0. The van der Waals surface area contributed by atoms with Crippen LogP contribution in [0.2, 0.25) is 0 Å². The molecule has 0 bridgehead atoms. The van der Waals surface area contributed by atoms with Crippen molar-refractivity contribution in [1.82, 2.24) is 19.8 Å². The Hall–Kier alpha value is -4.73. The fourth-order valence-corrected chi connectivity index (χ4v) is 9.61. The number of ether oxygens (including phenoxy) is 1. The second-order valence-electron chi connectivity index (χ2n) is 15.6. The van der Waals surface area contributed by atoms with Gasteiger partial charge in [-0.25, -0.2) is 13.2 Å². The number of nitrogens with one attached hydrogen (secondary N) is 3. The average Bonchev–Trinajstić information content (AvgIpc) is 4.07. The minimum Gasteiger partial charge on any atom is -0.444 e. The molecule has 54 heavy (non-hydrogen) atoms. The lowest BCUT2D eigenvalue weighted by molar-refractivity contribution is -0.140. The maximum Gasteiger partial charge on any atom is 0.410 e. The smallest absolute Gasteiger partial charge is 0.410 e. The molecule has 6 aliphatic rings. The van der Waals surface area contributed by atoms with Gasteiger partial charge in [0.2, 0.25) is 21.8 Å². The predicted octanol–water partition coefficient (Wildman–Crippen LogP) is 1.44. The normalized spacial score (nSPS) is 28.8.